The van der Waals surface area contributed by atoms with Crippen LogP contribution in [0.15, 0.2) is 27.8 Å². The average molecular weight is 380 g/mol. The van der Waals surface area contributed by atoms with E-state index < -0.39 is 16.8 Å². The first-order valence-corrected chi connectivity index (χ1v) is 9.25. The van der Waals surface area contributed by atoms with Crippen molar-refractivity contribution in [2.45, 2.75) is 65.6 Å². The quantitative estimate of drug-likeness (QED) is 0.784. The molecule has 0 fully saturated rings. The minimum absolute atomic E-state index is 0.304. The molecule has 1 N–H and O–H groups in total. The molecule has 0 aliphatic rings. The summed E-state index contributed by atoms with van der Waals surface area (Å²) in [6.45, 7) is 7.79. The van der Waals surface area contributed by atoms with Crippen LogP contribution in [0, 0.1) is 0 Å². The number of aromatic nitrogens is 2. The Labute approximate surface area is 157 Å². The number of nitrogens with zero attached hydrogens (tertiary/aromatic N) is 2. The molecule has 0 aliphatic heterocycles. The molecule has 0 bridgehead atoms. The number of carbonyl (C=O) groups excluding carboxylic acids is 1. The molecule has 6 nitrogen and oxygen atoms in total. The van der Waals surface area contributed by atoms with Gasteiger partial charge in [-0.3, -0.25) is 18.7 Å². The Hall–Kier alpha value is -2.08. The number of halogens is 1. The number of benzene rings is 1. The minimum Gasteiger partial charge on any atom is -0.350 e. The van der Waals surface area contributed by atoms with Crippen molar-refractivity contribution in [2.24, 2.45) is 0 Å². The number of fused-ring (bicyclic) bond motifs is 1. The third kappa shape index (κ3) is 4.75. The molecule has 142 valence electrons. The van der Waals surface area contributed by atoms with Gasteiger partial charge in [0, 0.05) is 17.1 Å². The fourth-order valence-corrected chi connectivity index (χ4v) is 3.03. The molecule has 2 aromatic rings. The zero-order valence-corrected chi connectivity index (χ0v) is 16.5. The lowest BCUT2D eigenvalue weighted by molar-refractivity contribution is -0.123. The first-order chi connectivity index (χ1) is 12.1. The molecule has 1 amide bonds. The molecule has 1 heterocycles. The maximum absolute atomic E-state index is 12.9. The van der Waals surface area contributed by atoms with Crippen LogP contribution in [0.5, 0.6) is 0 Å². The molecule has 0 radical (unpaired) electrons. The van der Waals surface area contributed by atoms with E-state index in [1.165, 1.54) is 0 Å². The Morgan fingerprint density at radius 1 is 1.15 bits per heavy atom. The summed E-state index contributed by atoms with van der Waals surface area (Å²) in [5, 5.41) is 3.63. The van der Waals surface area contributed by atoms with Crippen molar-refractivity contribution in [1.82, 2.24) is 14.5 Å². The number of rotatable bonds is 6. The van der Waals surface area contributed by atoms with Crippen LogP contribution in [0.4, 0.5) is 0 Å². The molecule has 0 saturated heterocycles. The van der Waals surface area contributed by atoms with Gasteiger partial charge in [-0.15, -0.1) is 0 Å². The summed E-state index contributed by atoms with van der Waals surface area (Å²) in [5.41, 5.74) is -0.885. The van der Waals surface area contributed by atoms with Crippen LogP contribution in [0.3, 0.4) is 0 Å². The lowest BCUT2D eigenvalue weighted by Gasteiger charge is -2.21. The second-order valence-corrected chi connectivity index (χ2v) is 7.93. The molecular weight excluding hydrogens is 354 g/mol. The van der Waals surface area contributed by atoms with Crippen LogP contribution in [0.2, 0.25) is 5.02 Å². The number of amides is 1. The monoisotopic (exact) mass is 379 g/mol. The fraction of sp³-hybridized carbons (Fsp3) is 0.526. The molecule has 26 heavy (non-hydrogen) atoms. The molecule has 0 unspecified atom stereocenters. The highest BCUT2D eigenvalue weighted by Gasteiger charge is 2.18. The van der Waals surface area contributed by atoms with Gasteiger partial charge in [0.25, 0.3) is 5.56 Å². The predicted molar refractivity (Wildman–Crippen MR) is 105 cm³/mol. The van der Waals surface area contributed by atoms with Crippen molar-refractivity contribution in [2.75, 3.05) is 0 Å². The molecule has 0 atom stereocenters. The third-order valence-electron chi connectivity index (χ3n) is 3.99. The summed E-state index contributed by atoms with van der Waals surface area (Å²) in [7, 11) is 0. The van der Waals surface area contributed by atoms with E-state index in [-0.39, 0.29) is 12.5 Å². The van der Waals surface area contributed by atoms with E-state index in [1.54, 1.807) is 22.8 Å². The summed E-state index contributed by atoms with van der Waals surface area (Å²) in [6.07, 6.45) is 2.80. The Morgan fingerprint density at radius 3 is 2.46 bits per heavy atom. The van der Waals surface area contributed by atoms with Crippen LogP contribution in [0.1, 0.15) is 47.0 Å². The van der Waals surface area contributed by atoms with Crippen molar-refractivity contribution >= 4 is 28.4 Å². The van der Waals surface area contributed by atoms with E-state index in [9.17, 15) is 14.4 Å². The first-order valence-electron chi connectivity index (χ1n) is 8.88. The summed E-state index contributed by atoms with van der Waals surface area (Å²) >= 11 is 6.07. The minimum atomic E-state index is -0.482. The van der Waals surface area contributed by atoms with Gasteiger partial charge in [-0.1, -0.05) is 31.4 Å². The second-order valence-electron chi connectivity index (χ2n) is 7.49. The fourth-order valence-electron chi connectivity index (χ4n) is 2.87. The Bertz CT molecular complexity index is 922. The van der Waals surface area contributed by atoms with E-state index in [4.69, 9.17) is 11.6 Å². The Kier molecular flexibility index (Phi) is 6.29. The van der Waals surface area contributed by atoms with E-state index in [0.717, 1.165) is 23.8 Å². The van der Waals surface area contributed by atoms with Gasteiger partial charge >= 0.3 is 5.69 Å². The normalized spacial score (nSPS) is 11.7. The molecule has 0 aliphatic carbocycles. The van der Waals surface area contributed by atoms with Crippen molar-refractivity contribution < 1.29 is 4.79 Å². The van der Waals surface area contributed by atoms with Gasteiger partial charge in [0.2, 0.25) is 5.91 Å². The lowest BCUT2D eigenvalue weighted by atomic mass is 10.1. The number of aryl methyl sites for hydroxylation is 1. The Balaban J connectivity index is 2.56. The van der Waals surface area contributed by atoms with Crippen LogP contribution in [-0.4, -0.2) is 20.6 Å². The van der Waals surface area contributed by atoms with Gasteiger partial charge in [-0.05, 0) is 45.4 Å². The smallest absolute Gasteiger partial charge is 0.331 e. The largest absolute Gasteiger partial charge is 0.350 e. The predicted octanol–water partition coefficient (Wildman–Crippen LogP) is 2.92. The van der Waals surface area contributed by atoms with E-state index in [0.29, 0.717) is 22.5 Å². The average Bonchev–Trinajstić information content (AvgIpc) is 2.53. The molecular formula is C19H26ClN3O3. The number of carbonyl (C=O) groups is 1. The lowest BCUT2D eigenvalue weighted by Crippen LogP contribution is -2.47. The first kappa shape index (κ1) is 20.2. The van der Waals surface area contributed by atoms with Crippen molar-refractivity contribution in [3.63, 3.8) is 0 Å². The van der Waals surface area contributed by atoms with E-state index in [1.807, 2.05) is 20.8 Å². The molecule has 0 saturated carbocycles. The number of nitrogens with one attached hydrogen (secondary N) is 1. The van der Waals surface area contributed by atoms with E-state index >= 15 is 0 Å². The molecule has 2 rings (SSSR count). The summed E-state index contributed by atoms with van der Waals surface area (Å²) < 4.78 is 2.55. The van der Waals surface area contributed by atoms with Crippen LogP contribution in [-0.2, 0) is 17.9 Å². The number of hydrogen-bond acceptors (Lipinski definition) is 3. The maximum Gasteiger partial charge on any atom is 0.331 e. The van der Waals surface area contributed by atoms with Gasteiger partial charge in [0.1, 0.15) is 6.54 Å². The standard InChI is InChI=1S/C19H26ClN3O3/c1-5-6-7-10-22-15-11-13(20)8-9-14(15)17(25)23(18(22)26)12-16(24)21-19(2,3)4/h8-9,11H,5-7,10,12H2,1-4H3,(H,21,24). The summed E-state index contributed by atoms with van der Waals surface area (Å²) in [5.74, 6) is -0.370. The zero-order valence-electron chi connectivity index (χ0n) is 15.8. The van der Waals surface area contributed by atoms with Crippen LogP contribution in [0.25, 0.3) is 10.9 Å². The molecule has 0 spiro atoms. The number of unbranched alkanes of at least 4 members (excludes halogenated alkanes) is 2. The molecule has 1 aromatic heterocycles. The third-order valence-corrected chi connectivity index (χ3v) is 4.22. The molecule has 1 aromatic carbocycles. The Morgan fingerprint density at radius 2 is 1.85 bits per heavy atom. The van der Waals surface area contributed by atoms with Gasteiger partial charge < -0.3 is 5.32 Å². The maximum atomic E-state index is 12.9. The van der Waals surface area contributed by atoms with Gasteiger partial charge in [0.05, 0.1) is 10.9 Å². The van der Waals surface area contributed by atoms with Gasteiger partial charge in [-0.25, -0.2) is 4.79 Å². The van der Waals surface area contributed by atoms with Gasteiger partial charge in [-0.2, -0.15) is 0 Å². The topological polar surface area (TPSA) is 73.1 Å². The van der Waals surface area contributed by atoms with Crippen LogP contribution < -0.4 is 16.6 Å². The van der Waals surface area contributed by atoms with Crippen molar-refractivity contribution in [1.29, 1.82) is 0 Å². The highest BCUT2D eigenvalue weighted by Crippen LogP contribution is 2.16. The van der Waals surface area contributed by atoms with Gasteiger partial charge in [0.15, 0.2) is 0 Å². The summed E-state index contributed by atoms with van der Waals surface area (Å²) in [4.78, 5) is 37.9. The summed E-state index contributed by atoms with van der Waals surface area (Å²) in [6, 6.07) is 4.85. The highest BCUT2D eigenvalue weighted by molar-refractivity contribution is 6.31. The zero-order chi connectivity index (χ0) is 19.5. The van der Waals surface area contributed by atoms with Crippen LogP contribution >= 0.6 is 11.6 Å². The van der Waals surface area contributed by atoms with Crippen molar-refractivity contribution in [3.05, 3.63) is 44.1 Å². The second kappa shape index (κ2) is 8.08. The highest BCUT2D eigenvalue weighted by atomic mass is 35.5. The van der Waals surface area contributed by atoms with E-state index in [2.05, 4.69) is 12.2 Å². The molecule has 7 heteroatoms. The van der Waals surface area contributed by atoms with Crippen molar-refractivity contribution in [3.8, 4) is 0 Å². The SMILES string of the molecule is CCCCCn1c(=O)n(CC(=O)NC(C)(C)C)c(=O)c2ccc(Cl)cc21. The number of hydrogen-bond donors (Lipinski definition) is 1.